The fourth-order valence-corrected chi connectivity index (χ4v) is 5.63. The van der Waals surface area contributed by atoms with Gasteiger partial charge in [0, 0.05) is 43.2 Å². The van der Waals surface area contributed by atoms with E-state index in [1.807, 2.05) is 12.1 Å². The number of nitro benzene ring substituents is 1. The highest BCUT2D eigenvalue weighted by molar-refractivity contribution is 6.00. The van der Waals surface area contributed by atoms with Crippen molar-refractivity contribution < 1.29 is 38.2 Å². The predicted octanol–water partition coefficient (Wildman–Crippen LogP) is 6.27. The molecule has 11 heteroatoms. The van der Waals surface area contributed by atoms with Crippen LogP contribution in [0.1, 0.15) is 76.3 Å². The molecular formula is C35H44N2O9. The van der Waals surface area contributed by atoms with Gasteiger partial charge in [0.2, 0.25) is 0 Å². The standard InChI is InChI=1S/C35H44N2O9/c1-4-42-34(38)31-24(2)36-25(3)32(33(31)27-12-9-13-28(23-27)37(40)41)35(39)46-22-10-21-43-29-17-15-26(16-18-29)11-5-7-19-44-30-14-6-8-20-45-30/h9,12-13,15-18,23,30,33,36H,4-8,10-11,14,19-22H2,1-3H3. The molecule has 1 saturated heterocycles. The maximum Gasteiger partial charge on any atom is 0.336 e. The second kappa shape index (κ2) is 17.5. The first-order chi connectivity index (χ1) is 22.3. The summed E-state index contributed by atoms with van der Waals surface area (Å²) in [4.78, 5) is 37.4. The molecule has 4 rings (SSSR count). The third kappa shape index (κ3) is 9.64. The van der Waals surface area contributed by atoms with Crippen molar-refractivity contribution in [3.63, 3.8) is 0 Å². The molecule has 2 unspecified atom stereocenters. The fourth-order valence-electron chi connectivity index (χ4n) is 5.63. The first-order valence-electron chi connectivity index (χ1n) is 16.0. The lowest BCUT2D eigenvalue weighted by atomic mass is 9.80. The number of aryl methyl sites for hydroxylation is 1. The maximum atomic E-state index is 13.4. The van der Waals surface area contributed by atoms with E-state index in [-0.39, 0.29) is 36.3 Å². The van der Waals surface area contributed by atoms with Crippen LogP contribution in [-0.2, 0) is 35.0 Å². The number of dihydropyridines is 1. The van der Waals surface area contributed by atoms with E-state index in [9.17, 15) is 19.7 Å². The van der Waals surface area contributed by atoms with E-state index in [1.165, 1.54) is 30.2 Å². The predicted molar refractivity (Wildman–Crippen MR) is 171 cm³/mol. The molecule has 0 amide bonds. The molecular weight excluding hydrogens is 592 g/mol. The minimum atomic E-state index is -0.902. The Morgan fingerprint density at radius 1 is 0.935 bits per heavy atom. The number of non-ortho nitro benzene ring substituents is 1. The van der Waals surface area contributed by atoms with E-state index in [0.29, 0.717) is 36.6 Å². The Labute approximate surface area is 270 Å². The summed E-state index contributed by atoms with van der Waals surface area (Å²) < 4.78 is 28.2. The number of ether oxygens (including phenoxy) is 5. The minimum Gasteiger partial charge on any atom is -0.493 e. The van der Waals surface area contributed by atoms with Crippen LogP contribution in [0, 0.1) is 10.1 Å². The Hall–Kier alpha value is -4.22. The van der Waals surface area contributed by atoms with E-state index in [2.05, 4.69) is 17.4 Å². The Kier molecular flexibility index (Phi) is 13.2. The highest BCUT2D eigenvalue weighted by Gasteiger charge is 2.38. The number of benzene rings is 2. The van der Waals surface area contributed by atoms with Gasteiger partial charge >= 0.3 is 11.9 Å². The molecule has 2 aromatic rings. The van der Waals surface area contributed by atoms with Gasteiger partial charge in [0.05, 0.1) is 41.8 Å². The van der Waals surface area contributed by atoms with Gasteiger partial charge in [0.1, 0.15) is 5.75 Å². The number of carbonyl (C=O) groups is 2. The van der Waals surface area contributed by atoms with Gasteiger partial charge in [0.15, 0.2) is 6.29 Å². The summed E-state index contributed by atoms with van der Waals surface area (Å²) in [6.07, 6.45) is 6.64. The fraction of sp³-hybridized carbons (Fsp3) is 0.486. The van der Waals surface area contributed by atoms with Crippen LogP contribution in [-0.4, -0.2) is 56.2 Å². The Morgan fingerprint density at radius 2 is 1.67 bits per heavy atom. The molecule has 1 fully saturated rings. The molecule has 2 aliphatic rings. The summed E-state index contributed by atoms with van der Waals surface area (Å²) in [7, 11) is 0. The van der Waals surface area contributed by atoms with Crippen LogP contribution in [0.5, 0.6) is 5.75 Å². The molecule has 0 saturated carbocycles. The number of esters is 2. The molecule has 11 nitrogen and oxygen atoms in total. The average Bonchev–Trinajstić information content (AvgIpc) is 3.05. The molecule has 2 aliphatic heterocycles. The number of rotatable bonds is 16. The smallest absolute Gasteiger partial charge is 0.336 e. The second-order valence-corrected chi connectivity index (χ2v) is 11.3. The van der Waals surface area contributed by atoms with Gasteiger partial charge in [0.25, 0.3) is 5.69 Å². The van der Waals surface area contributed by atoms with E-state index < -0.39 is 22.8 Å². The van der Waals surface area contributed by atoms with Gasteiger partial charge in [-0.15, -0.1) is 0 Å². The van der Waals surface area contributed by atoms with E-state index >= 15 is 0 Å². The van der Waals surface area contributed by atoms with Crippen molar-refractivity contribution >= 4 is 17.6 Å². The zero-order chi connectivity index (χ0) is 32.9. The van der Waals surface area contributed by atoms with Gasteiger partial charge in [-0.05, 0) is 82.6 Å². The topological polar surface area (TPSA) is 135 Å². The van der Waals surface area contributed by atoms with Crippen molar-refractivity contribution in [2.45, 2.75) is 77.9 Å². The zero-order valence-corrected chi connectivity index (χ0v) is 26.9. The van der Waals surface area contributed by atoms with Crippen molar-refractivity contribution in [1.82, 2.24) is 5.32 Å². The molecule has 248 valence electrons. The molecule has 0 aromatic heterocycles. The molecule has 2 aromatic carbocycles. The number of nitrogens with one attached hydrogen (secondary N) is 1. The van der Waals surface area contributed by atoms with Gasteiger partial charge in [-0.1, -0.05) is 24.3 Å². The largest absolute Gasteiger partial charge is 0.493 e. The summed E-state index contributed by atoms with van der Waals surface area (Å²) >= 11 is 0. The molecule has 0 radical (unpaired) electrons. The van der Waals surface area contributed by atoms with E-state index in [1.54, 1.807) is 26.8 Å². The van der Waals surface area contributed by atoms with Crippen molar-refractivity contribution in [3.05, 3.63) is 92.3 Å². The van der Waals surface area contributed by atoms with Crippen LogP contribution >= 0.6 is 0 Å². The number of hydrogen-bond acceptors (Lipinski definition) is 10. The normalized spacial score (nSPS) is 18.2. The highest BCUT2D eigenvalue weighted by atomic mass is 16.7. The number of allylic oxidation sites excluding steroid dienone is 2. The lowest BCUT2D eigenvalue weighted by Gasteiger charge is -2.30. The Balaban J connectivity index is 1.27. The first kappa shape index (κ1) is 34.6. The highest BCUT2D eigenvalue weighted by Crippen LogP contribution is 2.40. The monoisotopic (exact) mass is 636 g/mol. The van der Waals surface area contributed by atoms with Gasteiger partial charge in [-0.25, -0.2) is 9.59 Å². The van der Waals surface area contributed by atoms with Crippen LogP contribution in [0.2, 0.25) is 0 Å². The number of nitro groups is 1. The van der Waals surface area contributed by atoms with Crippen LogP contribution in [0.4, 0.5) is 5.69 Å². The summed E-state index contributed by atoms with van der Waals surface area (Å²) in [6, 6.07) is 13.9. The lowest BCUT2D eigenvalue weighted by Crippen LogP contribution is -2.32. The van der Waals surface area contributed by atoms with Crippen molar-refractivity contribution in [1.29, 1.82) is 0 Å². The first-order valence-corrected chi connectivity index (χ1v) is 16.0. The quantitative estimate of drug-likeness (QED) is 0.0972. The number of carbonyl (C=O) groups excluding carboxylic acids is 2. The minimum absolute atomic E-state index is 0.0397. The molecule has 46 heavy (non-hydrogen) atoms. The summed E-state index contributed by atoms with van der Waals surface area (Å²) in [5, 5.41) is 14.6. The van der Waals surface area contributed by atoms with Gasteiger partial charge in [-0.3, -0.25) is 10.1 Å². The number of hydrogen-bond donors (Lipinski definition) is 1. The van der Waals surface area contributed by atoms with Crippen LogP contribution < -0.4 is 10.1 Å². The third-order valence-electron chi connectivity index (χ3n) is 7.91. The maximum absolute atomic E-state index is 13.4. The zero-order valence-electron chi connectivity index (χ0n) is 26.9. The molecule has 2 atom stereocenters. The molecule has 1 N–H and O–H groups in total. The SMILES string of the molecule is CCOC(=O)C1=C(C)NC(C)=C(C(=O)OCCCOc2ccc(CCCCOC3CCCCO3)cc2)C1c1cccc([N+](=O)[O-])c1. The van der Waals surface area contributed by atoms with Crippen LogP contribution in [0.3, 0.4) is 0 Å². The number of unbranched alkanes of at least 4 members (excludes halogenated alkanes) is 1. The molecule has 0 bridgehead atoms. The van der Waals surface area contributed by atoms with E-state index in [0.717, 1.165) is 44.5 Å². The van der Waals surface area contributed by atoms with Crippen LogP contribution in [0.15, 0.2) is 71.1 Å². The van der Waals surface area contributed by atoms with Gasteiger partial charge < -0.3 is 29.0 Å². The molecule has 0 aliphatic carbocycles. The van der Waals surface area contributed by atoms with Crippen molar-refractivity contribution in [2.24, 2.45) is 0 Å². The number of nitrogens with zero attached hydrogens (tertiary/aromatic N) is 1. The molecule has 2 heterocycles. The lowest BCUT2D eigenvalue weighted by molar-refractivity contribution is -0.384. The van der Waals surface area contributed by atoms with E-state index in [4.69, 9.17) is 23.7 Å². The average molecular weight is 637 g/mol. The van der Waals surface area contributed by atoms with Gasteiger partial charge in [-0.2, -0.15) is 0 Å². The summed E-state index contributed by atoms with van der Waals surface area (Å²) in [6.45, 7) is 7.16. The molecule has 0 spiro atoms. The second-order valence-electron chi connectivity index (χ2n) is 11.3. The Morgan fingerprint density at radius 3 is 2.35 bits per heavy atom. The third-order valence-corrected chi connectivity index (χ3v) is 7.91. The Bertz CT molecular complexity index is 1410. The summed E-state index contributed by atoms with van der Waals surface area (Å²) in [5.41, 5.74) is 2.88. The van der Waals surface area contributed by atoms with Crippen molar-refractivity contribution in [3.8, 4) is 5.75 Å². The van der Waals surface area contributed by atoms with Crippen molar-refractivity contribution in [2.75, 3.05) is 33.0 Å². The van der Waals surface area contributed by atoms with Crippen LogP contribution in [0.25, 0.3) is 0 Å². The summed E-state index contributed by atoms with van der Waals surface area (Å²) in [5.74, 6) is -1.41.